The first-order chi connectivity index (χ1) is 8.11. The SMILES string of the molecule is CC(CC#N)N(C)C(CN)c1ccccc1Cl. The predicted octanol–water partition coefficient (Wildman–Crippen LogP) is 2.57. The van der Waals surface area contributed by atoms with Crippen LogP contribution in [0.2, 0.25) is 5.02 Å². The van der Waals surface area contributed by atoms with E-state index in [0.717, 1.165) is 10.6 Å². The molecule has 2 unspecified atom stereocenters. The number of halogens is 1. The lowest BCUT2D eigenvalue weighted by atomic mass is 10.0. The van der Waals surface area contributed by atoms with Crippen molar-refractivity contribution in [2.24, 2.45) is 5.73 Å². The molecule has 2 atom stereocenters. The smallest absolute Gasteiger partial charge is 0.0638 e. The van der Waals surface area contributed by atoms with Gasteiger partial charge in [0.2, 0.25) is 0 Å². The van der Waals surface area contributed by atoms with Crippen molar-refractivity contribution >= 4 is 11.6 Å². The van der Waals surface area contributed by atoms with Gasteiger partial charge in [-0.1, -0.05) is 29.8 Å². The van der Waals surface area contributed by atoms with Crippen LogP contribution in [0, 0.1) is 11.3 Å². The summed E-state index contributed by atoms with van der Waals surface area (Å²) >= 11 is 6.18. The average Bonchev–Trinajstić information content (AvgIpc) is 2.32. The average molecular weight is 252 g/mol. The number of nitrogens with zero attached hydrogens (tertiary/aromatic N) is 2. The Morgan fingerprint density at radius 1 is 1.47 bits per heavy atom. The predicted molar refractivity (Wildman–Crippen MR) is 70.7 cm³/mol. The van der Waals surface area contributed by atoms with Crippen LogP contribution in [0.1, 0.15) is 24.9 Å². The second-order valence-corrected chi connectivity index (χ2v) is 4.56. The van der Waals surface area contributed by atoms with Crippen LogP contribution in [0.4, 0.5) is 0 Å². The molecule has 0 aliphatic carbocycles. The minimum atomic E-state index is 0.0482. The van der Waals surface area contributed by atoms with E-state index in [-0.39, 0.29) is 12.1 Å². The van der Waals surface area contributed by atoms with Crippen LogP contribution in [-0.4, -0.2) is 24.5 Å². The molecular formula is C13H18ClN3. The Labute approximate surface area is 108 Å². The third kappa shape index (κ3) is 3.44. The van der Waals surface area contributed by atoms with E-state index >= 15 is 0 Å². The molecule has 0 fully saturated rings. The van der Waals surface area contributed by atoms with E-state index in [9.17, 15) is 0 Å². The zero-order valence-corrected chi connectivity index (χ0v) is 11.0. The maximum Gasteiger partial charge on any atom is 0.0638 e. The molecule has 0 saturated carbocycles. The standard InChI is InChI=1S/C13H18ClN3/c1-10(7-8-15)17(2)13(9-16)11-5-3-4-6-12(11)14/h3-6,10,13H,7,9,16H2,1-2H3. The molecule has 1 aromatic rings. The molecule has 2 N–H and O–H groups in total. The van der Waals surface area contributed by atoms with Gasteiger partial charge >= 0.3 is 0 Å². The summed E-state index contributed by atoms with van der Waals surface area (Å²) in [6.07, 6.45) is 0.484. The molecule has 3 nitrogen and oxygen atoms in total. The molecule has 0 bridgehead atoms. The van der Waals surface area contributed by atoms with Gasteiger partial charge in [-0.15, -0.1) is 0 Å². The third-order valence-corrected chi connectivity index (χ3v) is 3.41. The maximum atomic E-state index is 8.73. The molecule has 0 spiro atoms. The van der Waals surface area contributed by atoms with Gasteiger partial charge < -0.3 is 5.73 Å². The van der Waals surface area contributed by atoms with E-state index in [1.54, 1.807) is 0 Å². The Kier molecular flexibility index (Phi) is 5.43. The van der Waals surface area contributed by atoms with E-state index in [0.29, 0.717) is 13.0 Å². The minimum Gasteiger partial charge on any atom is -0.329 e. The largest absolute Gasteiger partial charge is 0.329 e. The highest BCUT2D eigenvalue weighted by molar-refractivity contribution is 6.31. The molecule has 0 amide bonds. The molecule has 1 rings (SSSR count). The van der Waals surface area contributed by atoms with Crippen molar-refractivity contribution in [2.45, 2.75) is 25.4 Å². The van der Waals surface area contributed by atoms with Crippen molar-refractivity contribution in [3.8, 4) is 6.07 Å². The van der Waals surface area contributed by atoms with Gasteiger partial charge in [-0.25, -0.2) is 0 Å². The fourth-order valence-corrected chi connectivity index (χ4v) is 2.10. The van der Waals surface area contributed by atoms with E-state index in [2.05, 4.69) is 11.0 Å². The second-order valence-electron chi connectivity index (χ2n) is 4.15. The first-order valence-electron chi connectivity index (χ1n) is 5.65. The maximum absolute atomic E-state index is 8.73. The van der Waals surface area contributed by atoms with Gasteiger partial charge in [-0.3, -0.25) is 4.90 Å². The zero-order chi connectivity index (χ0) is 12.8. The normalized spacial score (nSPS) is 14.4. The fourth-order valence-electron chi connectivity index (χ4n) is 1.84. The molecule has 17 heavy (non-hydrogen) atoms. The van der Waals surface area contributed by atoms with E-state index in [1.807, 2.05) is 38.2 Å². The van der Waals surface area contributed by atoms with Crippen LogP contribution < -0.4 is 5.73 Å². The topological polar surface area (TPSA) is 53.0 Å². The summed E-state index contributed by atoms with van der Waals surface area (Å²) < 4.78 is 0. The minimum absolute atomic E-state index is 0.0482. The van der Waals surface area contributed by atoms with Gasteiger partial charge in [0.1, 0.15) is 0 Å². The summed E-state index contributed by atoms with van der Waals surface area (Å²) in [5.74, 6) is 0. The number of nitrogens with two attached hydrogens (primary N) is 1. The van der Waals surface area contributed by atoms with E-state index in [1.165, 1.54) is 0 Å². The van der Waals surface area contributed by atoms with Gasteiger partial charge in [-0.2, -0.15) is 5.26 Å². The number of hydrogen-bond donors (Lipinski definition) is 1. The highest BCUT2D eigenvalue weighted by atomic mass is 35.5. The second kappa shape index (κ2) is 6.61. The monoisotopic (exact) mass is 251 g/mol. The van der Waals surface area contributed by atoms with Crippen molar-refractivity contribution in [3.63, 3.8) is 0 Å². The number of nitriles is 1. The highest BCUT2D eigenvalue weighted by Crippen LogP contribution is 2.27. The molecule has 92 valence electrons. The van der Waals surface area contributed by atoms with Crippen LogP contribution in [-0.2, 0) is 0 Å². The summed E-state index contributed by atoms with van der Waals surface area (Å²) in [6, 6.07) is 10.1. The van der Waals surface area contributed by atoms with Crippen molar-refractivity contribution in [3.05, 3.63) is 34.9 Å². The summed E-state index contributed by atoms with van der Waals surface area (Å²) in [6.45, 7) is 2.50. The number of hydrogen-bond acceptors (Lipinski definition) is 3. The van der Waals surface area contributed by atoms with Gasteiger partial charge in [0, 0.05) is 23.7 Å². The Bertz CT molecular complexity index is 400. The lowest BCUT2D eigenvalue weighted by molar-refractivity contribution is 0.191. The van der Waals surface area contributed by atoms with Gasteiger partial charge in [0.15, 0.2) is 0 Å². The molecule has 4 heteroatoms. The summed E-state index contributed by atoms with van der Waals surface area (Å²) in [7, 11) is 1.98. The van der Waals surface area contributed by atoms with Crippen molar-refractivity contribution in [1.29, 1.82) is 5.26 Å². The molecule has 0 heterocycles. The molecule has 0 aliphatic rings. The number of likely N-dealkylation sites (N-methyl/N-ethyl adjacent to an activating group) is 1. The first kappa shape index (κ1) is 14.0. The van der Waals surface area contributed by atoms with Gasteiger partial charge in [0.25, 0.3) is 0 Å². The molecule has 1 aromatic carbocycles. The van der Waals surface area contributed by atoms with Crippen molar-refractivity contribution in [2.75, 3.05) is 13.6 Å². The molecule has 0 aromatic heterocycles. The van der Waals surface area contributed by atoms with Crippen LogP contribution in [0.5, 0.6) is 0 Å². The Hall–Kier alpha value is -1.08. The van der Waals surface area contributed by atoms with E-state index < -0.39 is 0 Å². The fraction of sp³-hybridized carbons (Fsp3) is 0.462. The lowest BCUT2D eigenvalue weighted by Gasteiger charge is -2.32. The van der Waals surface area contributed by atoms with Crippen LogP contribution in [0.3, 0.4) is 0 Å². The van der Waals surface area contributed by atoms with Crippen molar-refractivity contribution < 1.29 is 0 Å². The molecule has 0 saturated heterocycles. The third-order valence-electron chi connectivity index (χ3n) is 3.06. The molecule has 0 radical (unpaired) electrons. The van der Waals surface area contributed by atoms with Crippen LogP contribution in [0.25, 0.3) is 0 Å². The Morgan fingerprint density at radius 3 is 2.65 bits per heavy atom. The van der Waals surface area contributed by atoms with Crippen molar-refractivity contribution in [1.82, 2.24) is 4.90 Å². The van der Waals surface area contributed by atoms with Crippen LogP contribution >= 0.6 is 11.6 Å². The van der Waals surface area contributed by atoms with Gasteiger partial charge in [0.05, 0.1) is 12.5 Å². The molecule has 0 aliphatic heterocycles. The number of rotatable bonds is 5. The summed E-state index contributed by atoms with van der Waals surface area (Å²) in [4.78, 5) is 2.10. The first-order valence-corrected chi connectivity index (χ1v) is 6.03. The Balaban J connectivity index is 2.92. The summed E-state index contributed by atoms with van der Waals surface area (Å²) in [5, 5.41) is 9.45. The summed E-state index contributed by atoms with van der Waals surface area (Å²) in [5.41, 5.74) is 6.84. The van der Waals surface area contributed by atoms with Gasteiger partial charge in [-0.05, 0) is 25.6 Å². The van der Waals surface area contributed by atoms with E-state index in [4.69, 9.17) is 22.6 Å². The lowest BCUT2D eigenvalue weighted by Crippen LogP contribution is -2.37. The molecular weight excluding hydrogens is 234 g/mol. The number of benzene rings is 1. The quantitative estimate of drug-likeness (QED) is 0.875. The Morgan fingerprint density at radius 2 is 2.12 bits per heavy atom. The highest BCUT2D eigenvalue weighted by Gasteiger charge is 2.21. The zero-order valence-electron chi connectivity index (χ0n) is 10.2. The van der Waals surface area contributed by atoms with Crippen LogP contribution in [0.15, 0.2) is 24.3 Å².